The molecular formula is C14H19N3O3. The van der Waals surface area contributed by atoms with Crippen molar-refractivity contribution in [3.8, 4) is 0 Å². The summed E-state index contributed by atoms with van der Waals surface area (Å²) >= 11 is 0. The standard InChI is InChI=1S/C14H19N3O3/c1-5-11-16-12(14(18)19-4)13(15)17(11)9(3)10-7-6-8(2)20-10/h6-7,9H,5,15H2,1-4H3. The lowest BCUT2D eigenvalue weighted by Crippen LogP contribution is -2.13. The summed E-state index contributed by atoms with van der Waals surface area (Å²) in [7, 11) is 1.31. The number of aromatic nitrogens is 2. The number of imidazole rings is 1. The summed E-state index contributed by atoms with van der Waals surface area (Å²) in [6.45, 7) is 5.80. The molecule has 20 heavy (non-hydrogen) atoms. The van der Waals surface area contributed by atoms with Crippen LogP contribution in [0.25, 0.3) is 0 Å². The number of hydrogen-bond donors (Lipinski definition) is 1. The monoisotopic (exact) mass is 277 g/mol. The van der Waals surface area contributed by atoms with Crippen LogP contribution >= 0.6 is 0 Å². The Morgan fingerprint density at radius 2 is 2.25 bits per heavy atom. The van der Waals surface area contributed by atoms with Crippen LogP contribution in [0, 0.1) is 6.92 Å². The number of methoxy groups -OCH3 is 1. The van der Waals surface area contributed by atoms with Gasteiger partial charge in [-0.2, -0.15) is 0 Å². The lowest BCUT2D eigenvalue weighted by atomic mass is 10.2. The van der Waals surface area contributed by atoms with Gasteiger partial charge in [0, 0.05) is 6.42 Å². The molecule has 1 unspecified atom stereocenters. The molecule has 0 spiro atoms. The Hall–Kier alpha value is -2.24. The fourth-order valence-corrected chi connectivity index (χ4v) is 2.23. The van der Waals surface area contributed by atoms with Gasteiger partial charge >= 0.3 is 5.97 Å². The third kappa shape index (κ3) is 2.29. The maximum Gasteiger partial charge on any atom is 0.360 e. The highest BCUT2D eigenvalue weighted by molar-refractivity contribution is 5.92. The number of carbonyl (C=O) groups is 1. The van der Waals surface area contributed by atoms with Crippen LogP contribution in [0.15, 0.2) is 16.5 Å². The highest BCUT2D eigenvalue weighted by Gasteiger charge is 2.25. The predicted molar refractivity (Wildman–Crippen MR) is 74.6 cm³/mol. The molecule has 2 aromatic rings. The van der Waals surface area contributed by atoms with Crippen LogP contribution in [0.2, 0.25) is 0 Å². The van der Waals surface area contributed by atoms with Crippen molar-refractivity contribution < 1.29 is 13.9 Å². The van der Waals surface area contributed by atoms with E-state index < -0.39 is 5.97 Å². The maximum absolute atomic E-state index is 11.7. The lowest BCUT2D eigenvalue weighted by molar-refractivity contribution is 0.0595. The molecule has 0 radical (unpaired) electrons. The molecule has 0 bridgehead atoms. The van der Waals surface area contributed by atoms with Gasteiger partial charge in [-0.25, -0.2) is 9.78 Å². The first kappa shape index (κ1) is 14.2. The molecule has 0 aliphatic rings. The number of aryl methyl sites for hydroxylation is 2. The summed E-state index contributed by atoms with van der Waals surface area (Å²) in [6, 6.07) is 3.66. The Labute approximate surface area is 117 Å². The summed E-state index contributed by atoms with van der Waals surface area (Å²) in [6.07, 6.45) is 0.658. The molecular weight excluding hydrogens is 258 g/mol. The molecule has 0 saturated heterocycles. The molecule has 0 aliphatic carbocycles. The summed E-state index contributed by atoms with van der Waals surface area (Å²) in [5, 5.41) is 0. The first-order chi connectivity index (χ1) is 9.49. The van der Waals surface area contributed by atoms with Crippen molar-refractivity contribution in [1.29, 1.82) is 0 Å². The number of furan rings is 1. The molecule has 0 saturated carbocycles. The van der Waals surface area contributed by atoms with Crippen LogP contribution in [0.5, 0.6) is 0 Å². The molecule has 2 N–H and O–H groups in total. The van der Waals surface area contributed by atoms with E-state index in [0.717, 1.165) is 17.3 Å². The van der Waals surface area contributed by atoms with Crippen LogP contribution in [0.4, 0.5) is 5.82 Å². The van der Waals surface area contributed by atoms with Gasteiger partial charge in [0.2, 0.25) is 0 Å². The molecule has 108 valence electrons. The zero-order valence-electron chi connectivity index (χ0n) is 12.1. The number of nitrogens with two attached hydrogens (primary N) is 1. The minimum absolute atomic E-state index is 0.135. The summed E-state index contributed by atoms with van der Waals surface area (Å²) in [4.78, 5) is 16.0. The second kappa shape index (κ2) is 5.40. The fraction of sp³-hybridized carbons (Fsp3) is 0.429. The molecule has 0 aromatic carbocycles. The molecule has 6 heteroatoms. The van der Waals surface area contributed by atoms with Crippen molar-refractivity contribution in [1.82, 2.24) is 9.55 Å². The first-order valence-electron chi connectivity index (χ1n) is 6.50. The third-order valence-electron chi connectivity index (χ3n) is 3.28. The molecule has 0 aliphatic heterocycles. The molecule has 0 fully saturated rings. The fourth-order valence-electron chi connectivity index (χ4n) is 2.23. The van der Waals surface area contributed by atoms with Crippen molar-refractivity contribution in [2.24, 2.45) is 0 Å². The van der Waals surface area contributed by atoms with E-state index in [4.69, 9.17) is 14.9 Å². The van der Waals surface area contributed by atoms with Crippen LogP contribution < -0.4 is 5.73 Å². The molecule has 6 nitrogen and oxygen atoms in total. The highest BCUT2D eigenvalue weighted by atomic mass is 16.5. The Bertz CT molecular complexity index is 628. The number of rotatable bonds is 4. The van der Waals surface area contributed by atoms with E-state index >= 15 is 0 Å². The third-order valence-corrected chi connectivity index (χ3v) is 3.28. The van der Waals surface area contributed by atoms with Gasteiger partial charge in [-0.3, -0.25) is 0 Å². The zero-order chi connectivity index (χ0) is 14.9. The number of carbonyl (C=O) groups excluding carboxylic acids is 1. The van der Waals surface area contributed by atoms with E-state index in [1.807, 2.05) is 37.5 Å². The van der Waals surface area contributed by atoms with Crippen molar-refractivity contribution in [3.05, 3.63) is 35.2 Å². The SMILES string of the molecule is CCc1nc(C(=O)OC)c(N)n1C(C)c1ccc(C)o1. The van der Waals surface area contributed by atoms with E-state index in [1.54, 1.807) is 0 Å². The second-order valence-electron chi connectivity index (χ2n) is 4.60. The highest BCUT2D eigenvalue weighted by Crippen LogP contribution is 2.27. The largest absolute Gasteiger partial charge is 0.464 e. The summed E-state index contributed by atoms with van der Waals surface area (Å²) < 4.78 is 12.1. The van der Waals surface area contributed by atoms with Crippen molar-refractivity contribution in [2.45, 2.75) is 33.2 Å². The van der Waals surface area contributed by atoms with Crippen molar-refractivity contribution in [3.63, 3.8) is 0 Å². The van der Waals surface area contributed by atoms with Gasteiger partial charge in [0.15, 0.2) is 5.69 Å². The Balaban J connectivity index is 2.50. The predicted octanol–water partition coefficient (Wildman–Crippen LogP) is 2.33. The Morgan fingerprint density at radius 1 is 1.55 bits per heavy atom. The van der Waals surface area contributed by atoms with Gasteiger partial charge in [-0.15, -0.1) is 0 Å². The topological polar surface area (TPSA) is 83.3 Å². The minimum Gasteiger partial charge on any atom is -0.464 e. The van der Waals surface area contributed by atoms with E-state index in [0.29, 0.717) is 12.2 Å². The lowest BCUT2D eigenvalue weighted by Gasteiger charge is -2.15. The van der Waals surface area contributed by atoms with Gasteiger partial charge < -0.3 is 19.5 Å². The number of ether oxygens (including phenoxy) is 1. The Kier molecular flexibility index (Phi) is 3.83. The van der Waals surface area contributed by atoms with E-state index in [2.05, 4.69) is 4.98 Å². The number of hydrogen-bond acceptors (Lipinski definition) is 5. The molecule has 2 heterocycles. The smallest absolute Gasteiger partial charge is 0.360 e. The van der Waals surface area contributed by atoms with E-state index in [1.165, 1.54) is 7.11 Å². The number of anilines is 1. The molecule has 2 rings (SSSR count). The molecule has 2 aromatic heterocycles. The van der Waals surface area contributed by atoms with Crippen LogP contribution in [-0.4, -0.2) is 22.6 Å². The van der Waals surface area contributed by atoms with Gasteiger partial charge in [-0.1, -0.05) is 6.92 Å². The normalized spacial score (nSPS) is 12.4. The van der Waals surface area contributed by atoms with Crippen molar-refractivity contribution >= 4 is 11.8 Å². The van der Waals surface area contributed by atoms with Gasteiger partial charge in [0.1, 0.15) is 23.2 Å². The van der Waals surface area contributed by atoms with Crippen LogP contribution in [0.3, 0.4) is 0 Å². The average Bonchev–Trinajstić information content (AvgIpc) is 3.01. The molecule has 1 atom stereocenters. The average molecular weight is 277 g/mol. The minimum atomic E-state index is -0.529. The van der Waals surface area contributed by atoms with Gasteiger partial charge in [-0.05, 0) is 26.0 Å². The van der Waals surface area contributed by atoms with E-state index in [-0.39, 0.29) is 11.7 Å². The second-order valence-corrected chi connectivity index (χ2v) is 4.60. The van der Waals surface area contributed by atoms with Crippen molar-refractivity contribution in [2.75, 3.05) is 12.8 Å². The first-order valence-corrected chi connectivity index (χ1v) is 6.50. The zero-order valence-corrected chi connectivity index (χ0v) is 12.1. The Morgan fingerprint density at radius 3 is 2.75 bits per heavy atom. The number of nitrogens with zero attached hydrogens (tertiary/aromatic N) is 2. The van der Waals surface area contributed by atoms with Gasteiger partial charge in [0.25, 0.3) is 0 Å². The van der Waals surface area contributed by atoms with Gasteiger partial charge in [0.05, 0.1) is 13.2 Å². The summed E-state index contributed by atoms with van der Waals surface area (Å²) in [5.41, 5.74) is 6.21. The quantitative estimate of drug-likeness (QED) is 0.867. The van der Waals surface area contributed by atoms with Crippen LogP contribution in [-0.2, 0) is 11.2 Å². The summed E-state index contributed by atoms with van der Waals surface area (Å²) in [5.74, 6) is 2.10. The molecule has 0 amide bonds. The number of nitrogen functional groups attached to an aromatic ring is 1. The maximum atomic E-state index is 11.7. The van der Waals surface area contributed by atoms with Crippen LogP contribution in [0.1, 0.15) is 47.7 Å². The number of esters is 1. The van der Waals surface area contributed by atoms with E-state index in [9.17, 15) is 4.79 Å².